The number of hydrogen-bond donors (Lipinski definition) is 2. The molecular formula is C31H29NO. The summed E-state index contributed by atoms with van der Waals surface area (Å²) < 4.78 is 0. The van der Waals surface area contributed by atoms with Crippen molar-refractivity contribution >= 4 is 21.5 Å². The lowest BCUT2D eigenvalue weighted by Crippen LogP contribution is -2.45. The van der Waals surface area contributed by atoms with E-state index in [1.165, 1.54) is 21.5 Å². The first kappa shape index (κ1) is 21.4. The molecule has 0 spiro atoms. The smallest absolute Gasteiger partial charge is 0.0919 e. The van der Waals surface area contributed by atoms with Gasteiger partial charge in [-0.3, -0.25) is 0 Å². The zero-order valence-electron chi connectivity index (χ0n) is 18.9. The molecule has 0 fully saturated rings. The van der Waals surface area contributed by atoms with E-state index >= 15 is 0 Å². The maximum absolute atomic E-state index is 12.2. The van der Waals surface area contributed by atoms with Gasteiger partial charge in [0.05, 0.1) is 11.6 Å². The standard InChI is InChI=1S/C31H29NO/c1-22-8-2-7-13-29(22)30(32)31(33,20-23-14-16-25-9-3-5-11-27(25)18-23)21-24-15-17-26-10-4-6-12-28(26)19-24/h2-19,30,33H,20-21,32H2,1H3/t30-/m1/s1. The molecule has 0 aliphatic rings. The Balaban J connectivity index is 1.55. The Labute approximate surface area is 195 Å². The predicted octanol–water partition coefficient (Wildman–Crippen LogP) is 6.52. The van der Waals surface area contributed by atoms with Crippen LogP contribution >= 0.6 is 0 Å². The summed E-state index contributed by atoms with van der Waals surface area (Å²) in [4.78, 5) is 0. The molecule has 3 N–H and O–H groups in total. The van der Waals surface area contributed by atoms with Crippen molar-refractivity contribution in [3.8, 4) is 0 Å². The molecule has 2 nitrogen and oxygen atoms in total. The van der Waals surface area contributed by atoms with Gasteiger partial charge in [0.25, 0.3) is 0 Å². The molecule has 5 aromatic carbocycles. The average Bonchev–Trinajstić information content (AvgIpc) is 2.84. The first-order chi connectivity index (χ1) is 16.0. The van der Waals surface area contributed by atoms with Crippen molar-refractivity contribution in [2.45, 2.75) is 31.4 Å². The van der Waals surface area contributed by atoms with Gasteiger partial charge in [-0.25, -0.2) is 0 Å². The van der Waals surface area contributed by atoms with E-state index in [1.807, 2.05) is 42.5 Å². The maximum Gasteiger partial charge on any atom is 0.0919 e. The molecule has 2 heteroatoms. The second kappa shape index (κ2) is 8.82. The number of hydrogen-bond acceptors (Lipinski definition) is 2. The van der Waals surface area contributed by atoms with Crippen LogP contribution in [0.2, 0.25) is 0 Å². The summed E-state index contributed by atoms with van der Waals surface area (Å²) in [5.74, 6) is 0. The Hall–Kier alpha value is -3.46. The van der Waals surface area contributed by atoms with E-state index in [2.05, 4.69) is 73.7 Å². The van der Waals surface area contributed by atoms with E-state index in [4.69, 9.17) is 5.73 Å². The molecule has 1 atom stereocenters. The molecule has 0 saturated carbocycles. The van der Waals surface area contributed by atoms with Crippen LogP contribution in [-0.2, 0) is 12.8 Å². The highest BCUT2D eigenvalue weighted by Crippen LogP contribution is 2.34. The molecule has 164 valence electrons. The Kier molecular flexibility index (Phi) is 5.72. The van der Waals surface area contributed by atoms with Crippen LogP contribution in [0.4, 0.5) is 0 Å². The molecule has 0 aromatic heterocycles. The van der Waals surface area contributed by atoms with Gasteiger partial charge in [0.15, 0.2) is 0 Å². The zero-order chi connectivity index (χ0) is 22.8. The van der Waals surface area contributed by atoms with Crippen LogP contribution in [0.3, 0.4) is 0 Å². The van der Waals surface area contributed by atoms with Crippen LogP contribution in [-0.4, -0.2) is 10.7 Å². The number of benzene rings is 5. The fraction of sp³-hybridized carbons (Fsp3) is 0.161. The highest BCUT2D eigenvalue weighted by molar-refractivity contribution is 5.83. The first-order valence-corrected chi connectivity index (χ1v) is 11.5. The number of nitrogens with two attached hydrogens (primary N) is 1. The minimum absolute atomic E-state index is 0.472. The average molecular weight is 432 g/mol. The Morgan fingerprint density at radius 3 is 1.61 bits per heavy atom. The van der Waals surface area contributed by atoms with Crippen molar-refractivity contribution in [2.24, 2.45) is 5.73 Å². The summed E-state index contributed by atoms with van der Waals surface area (Å²) in [5, 5.41) is 16.9. The quantitative estimate of drug-likeness (QED) is 0.322. The van der Waals surface area contributed by atoms with E-state index in [0.29, 0.717) is 12.8 Å². The summed E-state index contributed by atoms with van der Waals surface area (Å²) in [6.07, 6.45) is 0.945. The molecule has 5 rings (SSSR count). The molecule has 0 aliphatic carbocycles. The monoisotopic (exact) mass is 431 g/mol. The van der Waals surface area contributed by atoms with Crippen molar-refractivity contribution in [2.75, 3.05) is 0 Å². The summed E-state index contributed by atoms with van der Waals surface area (Å²) >= 11 is 0. The first-order valence-electron chi connectivity index (χ1n) is 11.5. The van der Waals surface area contributed by atoms with E-state index in [9.17, 15) is 5.11 Å². The van der Waals surface area contributed by atoms with Crippen molar-refractivity contribution in [1.29, 1.82) is 0 Å². The molecule has 0 amide bonds. The third-order valence-corrected chi connectivity index (χ3v) is 6.75. The van der Waals surface area contributed by atoms with Gasteiger partial charge in [-0.2, -0.15) is 0 Å². The van der Waals surface area contributed by atoms with Crippen LogP contribution in [0.5, 0.6) is 0 Å². The second-order valence-electron chi connectivity index (χ2n) is 9.15. The Bertz CT molecular complexity index is 1340. The largest absolute Gasteiger partial charge is 0.387 e. The molecular weight excluding hydrogens is 402 g/mol. The van der Waals surface area contributed by atoms with E-state index in [-0.39, 0.29) is 0 Å². The number of aryl methyl sites for hydroxylation is 1. The minimum Gasteiger partial charge on any atom is -0.387 e. The normalized spacial score (nSPS) is 12.8. The van der Waals surface area contributed by atoms with Crippen LogP contribution < -0.4 is 5.73 Å². The van der Waals surface area contributed by atoms with Gasteiger partial charge in [0.2, 0.25) is 0 Å². The van der Waals surface area contributed by atoms with Crippen molar-refractivity contribution < 1.29 is 5.11 Å². The topological polar surface area (TPSA) is 46.2 Å². The minimum atomic E-state index is -1.14. The van der Waals surface area contributed by atoms with Gasteiger partial charge < -0.3 is 10.8 Å². The van der Waals surface area contributed by atoms with Gasteiger partial charge in [-0.1, -0.05) is 109 Å². The fourth-order valence-electron chi connectivity index (χ4n) is 4.91. The van der Waals surface area contributed by atoms with E-state index in [1.54, 1.807) is 0 Å². The van der Waals surface area contributed by atoms with Crippen LogP contribution in [0, 0.1) is 6.92 Å². The molecule has 0 aliphatic heterocycles. The maximum atomic E-state index is 12.2. The van der Waals surface area contributed by atoms with Gasteiger partial charge >= 0.3 is 0 Å². The SMILES string of the molecule is Cc1ccccc1[C@@H](N)C(O)(Cc1ccc2ccccc2c1)Cc1ccc2ccccc2c1. The van der Waals surface area contributed by atoms with Gasteiger partial charge in [0.1, 0.15) is 0 Å². The van der Waals surface area contributed by atoms with Crippen molar-refractivity contribution in [3.63, 3.8) is 0 Å². The van der Waals surface area contributed by atoms with Crippen LogP contribution in [0.15, 0.2) is 109 Å². The van der Waals surface area contributed by atoms with Gasteiger partial charge in [-0.05, 0) is 50.7 Å². The third-order valence-electron chi connectivity index (χ3n) is 6.75. The summed E-state index contributed by atoms with van der Waals surface area (Å²) in [6, 6.07) is 37.0. The molecule has 0 saturated heterocycles. The third kappa shape index (κ3) is 4.41. The Morgan fingerprint density at radius 2 is 1.09 bits per heavy atom. The van der Waals surface area contributed by atoms with Gasteiger partial charge in [0, 0.05) is 12.8 Å². The predicted molar refractivity (Wildman–Crippen MR) is 138 cm³/mol. The van der Waals surface area contributed by atoms with Crippen molar-refractivity contribution in [3.05, 3.63) is 131 Å². The van der Waals surface area contributed by atoms with E-state index < -0.39 is 11.6 Å². The van der Waals surface area contributed by atoms with Crippen molar-refractivity contribution in [1.82, 2.24) is 0 Å². The lowest BCUT2D eigenvalue weighted by Gasteiger charge is -2.36. The highest BCUT2D eigenvalue weighted by Gasteiger charge is 2.36. The molecule has 0 unspecified atom stereocenters. The summed E-state index contributed by atoms with van der Waals surface area (Å²) in [6.45, 7) is 2.06. The number of aliphatic hydroxyl groups is 1. The molecule has 0 heterocycles. The highest BCUT2D eigenvalue weighted by atomic mass is 16.3. The van der Waals surface area contributed by atoms with E-state index in [0.717, 1.165) is 22.3 Å². The lowest BCUT2D eigenvalue weighted by atomic mass is 9.78. The van der Waals surface area contributed by atoms with Crippen LogP contribution in [0.25, 0.3) is 21.5 Å². The van der Waals surface area contributed by atoms with Gasteiger partial charge in [-0.15, -0.1) is 0 Å². The van der Waals surface area contributed by atoms with Crippen LogP contribution in [0.1, 0.15) is 28.3 Å². The zero-order valence-corrected chi connectivity index (χ0v) is 18.9. The number of fused-ring (bicyclic) bond motifs is 2. The second-order valence-corrected chi connectivity index (χ2v) is 9.15. The molecule has 0 radical (unpaired) electrons. The lowest BCUT2D eigenvalue weighted by molar-refractivity contribution is 0.0135. The molecule has 5 aromatic rings. The Morgan fingerprint density at radius 1 is 0.636 bits per heavy atom. The number of rotatable bonds is 6. The fourth-order valence-corrected chi connectivity index (χ4v) is 4.91. The molecule has 33 heavy (non-hydrogen) atoms. The molecule has 0 bridgehead atoms. The summed E-state index contributed by atoms with van der Waals surface area (Å²) in [5.41, 5.74) is 9.96. The summed E-state index contributed by atoms with van der Waals surface area (Å²) in [7, 11) is 0.